The predicted molar refractivity (Wildman–Crippen MR) is 107 cm³/mol. The van der Waals surface area contributed by atoms with Crippen LogP contribution in [0.2, 0.25) is 0 Å². The summed E-state index contributed by atoms with van der Waals surface area (Å²) in [6.07, 6.45) is 0. The van der Waals surface area contributed by atoms with Crippen molar-refractivity contribution in [1.82, 2.24) is 15.2 Å². The SMILES string of the molecule is CN=C(NCc1c(F)cccc1OC(F)F)N(C)Cc1csc(C)n1.I. The zero-order chi connectivity index (χ0) is 18.4. The van der Waals surface area contributed by atoms with Gasteiger partial charge in [0.05, 0.1) is 17.2 Å². The number of nitrogens with zero attached hydrogens (tertiary/aromatic N) is 3. The summed E-state index contributed by atoms with van der Waals surface area (Å²) in [5.41, 5.74) is 0.905. The van der Waals surface area contributed by atoms with Gasteiger partial charge in [0.2, 0.25) is 0 Å². The highest BCUT2D eigenvalue weighted by molar-refractivity contribution is 14.0. The molecule has 0 amide bonds. The fourth-order valence-corrected chi connectivity index (χ4v) is 2.87. The van der Waals surface area contributed by atoms with Crippen LogP contribution in [0.5, 0.6) is 5.75 Å². The summed E-state index contributed by atoms with van der Waals surface area (Å²) in [5, 5.41) is 5.87. The van der Waals surface area contributed by atoms with Crippen molar-refractivity contribution in [3.63, 3.8) is 0 Å². The van der Waals surface area contributed by atoms with Crippen LogP contribution in [0.15, 0.2) is 28.6 Å². The molecule has 0 bridgehead atoms. The highest BCUT2D eigenvalue weighted by atomic mass is 127. The molecule has 1 aromatic carbocycles. The van der Waals surface area contributed by atoms with Crippen LogP contribution in [0.25, 0.3) is 0 Å². The van der Waals surface area contributed by atoms with E-state index in [9.17, 15) is 13.2 Å². The van der Waals surface area contributed by atoms with Crippen LogP contribution >= 0.6 is 35.3 Å². The lowest BCUT2D eigenvalue weighted by Gasteiger charge is -2.22. The van der Waals surface area contributed by atoms with Crippen molar-refractivity contribution >= 4 is 41.3 Å². The maximum Gasteiger partial charge on any atom is 0.387 e. The zero-order valence-electron chi connectivity index (χ0n) is 14.5. The van der Waals surface area contributed by atoms with Gasteiger partial charge in [-0.2, -0.15) is 8.78 Å². The van der Waals surface area contributed by atoms with Gasteiger partial charge in [-0.25, -0.2) is 9.37 Å². The highest BCUT2D eigenvalue weighted by Crippen LogP contribution is 2.23. The van der Waals surface area contributed by atoms with E-state index < -0.39 is 12.4 Å². The third-order valence-corrected chi connectivity index (χ3v) is 4.18. The molecule has 0 atom stereocenters. The normalized spacial score (nSPS) is 11.3. The molecule has 10 heteroatoms. The Morgan fingerprint density at radius 3 is 2.73 bits per heavy atom. The molecule has 1 heterocycles. The van der Waals surface area contributed by atoms with Gasteiger partial charge in [-0.3, -0.25) is 4.99 Å². The minimum Gasteiger partial charge on any atom is -0.434 e. The number of alkyl halides is 2. The van der Waals surface area contributed by atoms with E-state index >= 15 is 0 Å². The Morgan fingerprint density at radius 2 is 2.15 bits per heavy atom. The Balaban J connectivity index is 0.00000338. The molecule has 1 aromatic heterocycles. The number of aromatic nitrogens is 1. The van der Waals surface area contributed by atoms with Gasteiger partial charge in [-0.1, -0.05) is 6.07 Å². The minimum absolute atomic E-state index is 0. The maximum absolute atomic E-state index is 14.0. The number of rotatable bonds is 6. The van der Waals surface area contributed by atoms with Crippen LogP contribution in [0.1, 0.15) is 16.3 Å². The van der Waals surface area contributed by atoms with E-state index in [1.54, 1.807) is 18.4 Å². The van der Waals surface area contributed by atoms with Gasteiger partial charge in [-0.15, -0.1) is 35.3 Å². The van der Waals surface area contributed by atoms with Gasteiger partial charge in [-0.05, 0) is 19.1 Å². The second-order valence-electron chi connectivity index (χ2n) is 5.21. The Bertz CT molecular complexity index is 742. The molecule has 0 unspecified atom stereocenters. The smallest absolute Gasteiger partial charge is 0.387 e. The predicted octanol–water partition coefficient (Wildman–Crippen LogP) is 4.02. The van der Waals surface area contributed by atoms with Crippen molar-refractivity contribution in [2.45, 2.75) is 26.6 Å². The molecule has 26 heavy (non-hydrogen) atoms. The van der Waals surface area contributed by atoms with E-state index in [1.807, 2.05) is 24.3 Å². The highest BCUT2D eigenvalue weighted by Gasteiger charge is 2.15. The summed E-state index contributed by atoms with van der Waals surface area (Å²) < 4.78 is 43.3. The number of halogens is 4. The molecule has 0 radical (unpaired) electrons. The third-order valence-electron chi connectivity index (χ3n) is 3.35. The molecule has 2 aromatic rings. The molecule has 0 aliphatic rings. The first-order valence-corrected chi connectivity index (χ1v) is 8.33. The van der Waals surface area contributed by atoms with Crippen LogP contribution in [0, 0.1) is 12.7 Å². The minimum atomic E-state index is -3.02. The van der Waals surface area contributed by atoms with E-state index in [2.05, 4.69) is 20.0 Å². The number of hydrogen-bond acceptors (Lipinski definition) is 4. The van der Waals surface area contributed by atoms with Gasteiger partial charge >= 0.3 is 6.61 Å². The molecule has 2 rings (SSSR count). The lowest BCUT2D eigenvalue weighted by molar-refractivity contribution is -0.0506. The first kappa shape index (κ1) is 22.5. The van der Waals surface area contributed by atoms with Crippen molar-refractivity contribution in [3.8, 4) is 5.75 Å². The van der Waals surface area contributed by atoms with Crippen LogP contribution in [0.4, 0.5) is 13.2 Å². The quantitative estimate of drug-likeness (QED) is 0.370. The van der Waals surface area contributed by atoms with Crippen LogP contribution in [-0.4, -0.2) is 36.6 Å². The third kappa shape index (κ3) is 6.31. The van der Waals surface area contributed by atoms with Crippen LogP contribution in [-0.2, 0) is 13.1 Å². The second-order valence-corrected chi connectivity index (χ2v) is 6.27. The lowest BCUT2D eigenvalue weighted by Crippen LogP contribution is -2.38. The molecular formula is C16H20F3IN4OS. The number of thiazole rings is 1. The summed E-state index contributed by atoms with van der Waals surface area (Å²) in [5.74, 6) is -0.341. The summed E-state index contributed by atoms with van der Waals surface area (Å²) in [6, 6.07) is 3.82. The second kappa shape index (κ2) is 10.6. The largest absolute Gasteiger partial charge is 0.434 e. The average molecular weight is 500 g/mol. The number of benzene rings is 1. The molecule has 144 valence electrons. The number of aliphatic imine (C=N–C) groups is 1. The van der Waals surface area contributed by atoms with E-state index in [1.165, 1.54) is 18.2 Å². The zero-order valence-corrected chi connectivity index (χ0v) is 17.6. The number of hydrogen-bond donors (Lipinski definition) is 1. The molecule has 0 aliphatic heterocycles. The monoisotopic (exact) mass is 500 g/mol. The van der Waals surface area contributed by atoms with Gasteiger partial charge in [0.25, 0.3) is 0 Å². The lowest BCUT2D eigenvalue weighted by atomic mass is 10.2. The van der Waals surface area contributed by atoms with Gasteiger partial charge in [0.15, 0.2) is 5.96 Å². The summed E-state index contributed by atoms with van der Waals surface area (Å²) in [4.78, 5) is 10.3. The number of aryl methyl sites for hydroxylation is 1. The van der Waals surface area contributed by atoms with Gasteiger partial charge < -0.3 is 15.0 Å². The fourth-order valence-electron chi connectivity index (χ4n) is 2.27. The molecular weight excluding hydrogens is 480 g/mol. The first-order chi connectivity index (χ1) is 11.9. The summed E-state index contributed by atoms with van der Waals surface area (Å²) in [6.45, 7) is -0.622. The van der Waals surface area contributed by atoms with Crippen molar-refractivity contribution in [3.05, 3.63) is 45.7 Å². The standard InChI is InChI=1S/C16H19F3N4OS.HI/c1-10-22-11(9-25-10)8-23(3)16(20-2)21-7-12-13(17)5-4-6-14(12)24-15(18)19;/h4-6,9,15H,7-8H2,1-3H3,(H,20,21);1H. The molecule has 0 spiro atoms. The van der Waals surface area contributed by atoms with Crippen LogP contribution in [0.3, 0.4) is 0 Å². The van der Waals surface area contributed by atoms with E-state index in [-0.39, 0.29) is 41.8 Å². The van der Waals surface area contributed by atoms with E-state index in [0.717, 1.165) is 10.7 Å². The molecule has 0 aliphatic carbocycles. The summed E-state index contributed by atoms with van der Waals surface area (Å²) >= 11 is 1.55. The van der Waals surface area contributed by atoms with Crippen molar-refractivity contribution in [2.24, 2.45) is 4.99 Å². The van der Waals surface area contributed by atoms with Crippen molar-refractivity contribution in [1.29, 1.82) is 0 Å². The maximum atomic E-state index is 14.0. The van der Waals surface area contributed by atoms with E-state index in [4.69, 9.17) is 0 Å². The topological polar surface area (TPSA) is 49.8 Å². The van der Waals surface area contributed by atoms with Crippen molar-refractivity contribution in [2.75, 3.05) is 14.1 Å². The summed E-state index contributed by atoms with van der Waals surface area (Å²) in [7, 11) is 3.39. The number of ether oxygens (including phenoxy) is 1. The molecule has 0 saturated carbocycles. The number of guanidine groups is 1. The Labute approximate surface area is 171 Å². The Hall–Kier alpha value is -1.56. The molecule has 0 saturated heterocycles. The fraction of sp³-hybridized carbons (Fsp3) is 0.375. The molecule has 5 nitrogen and oxygen atoms in total. The van der Waals surface area contributed by atoms with Gasteiger partial charge in [0.1, 0.15) is 11.6 Å². The molecule has 0 fully saturated rings. The van der Waals surface area contributed by atoms with Crippen LogP contribution < -0.4 is 10.1 Å². The van der Waals surface area contributed by atoms with Crippen molar-refractivity contribution < 1.29 is 17.9 Å². The molecule has 1 N–H and O–H groups in total. The van der Waals surface area contributed by atoms with Gasteiger partial charge in [0, 0.05) is 31.6 Å². The number of nitrogens with one attached hydrogen (secondary N) is 1. The van der Waals surface area contributed by atoms with E-state index in [0.29, 0.717) is 12.5 Å². The Morgan fingerprint density at radius 1 is 1.42 bits per heavy atom. The average Bonchev–Trinajstić information content (AvgIpc) is 2.94. The Kier molecular flexibility index (Phi) is 9.13. The first-order valence-electron chi connectivity index (χ1n) is 7.45.